The summed E-state index contributed by atoms with van der Waals surface area (Å²) in [5.74, 6) is -0.476. The first-order chi connectivity index (χ1) is 19.0. The molecule has 0 spiro atoms. The lowest BCUT2D eigenvalue weighted by Crippen LogP contribution is -2.43. The van der Waals surface area contributed by atoms with Gasteiger partial charge in [-0.1, -0.05) is 90.5 Å². The van der Waals surface area contributed by atoms with E-state index in [1.165, 1.54) is 4.90 Å². The minimum Gasteiger partial charge on any atom is -0.438 e. The highest BCUT2D eigenvalue weighted by atomic mass is 16.6. The zero-order valence-corrected chi connectivity index (χ0v) is 21.5. The van der Waals surface area contributed by atoms with Gasteiger partial charge in [0.2, 0.25) is 5.91 Å². The van der Waals surface area contributed by atoms with Gasteiger partial charge in [-0.2, -0.15) is 0 Å². The standard InChI is InChI=1S/C32H29N3O4/c1-22-9-8-12-24(19-22)21-35-29(31(37)34-26-13-6-3-7-14-26)30(39-32(35)38)25-15-17-27(18-16-25)33-28(36)20-23-10-4-2-5-11-23/h2-19,29-30H,20-21H2,1H3,(H,33,36)(H,34,37). The fraction of sp³-hybridized carbons (Fsp3) is 0.156. The van der Waals surface area contributed by atoms with Crippen LogP contribution in [0.5, 0.6) is 0 Å². The summed E-state index contributed by atoms with van der Waals surface area (Å²) in [4.78, 5) is 40.6. The van der Waals surface area contributed by atoms with Crippen molar-refractivity contribution in [1.82, 2.24) is 4.90 Å². The Morgan fingerprint density at radius 1 is 0.769 bits per heavy atom. The van der Waals surface area contributed by atoms with E-state index in [1.807, 2.05) is 79.7 Å². The summed E-state index contributed by atoms with van der Waals surface area (Å²) in [5, 5.41) is 5.82. The Kier molecular flexibility index (Phi) is 7.68. The number of amides is 3. The van der Waals surface area contributed by atoms with Crippen LogP contribution in [0.3, 0.4) is 0 Å². The average molecular weight is 520 g/mol. The third kappa shape index (κ3) is 6.33. The Bertz CT molecular complexity index is 1460. The van der Waals surface area contributed by atoms with Crippen molar-refractivity contribution < 1.29 is 19.1 Å². The van der Waals surface area contributed by atoms with Gasteiger partial charge in [0, 0.05) is 11.4 Å². The lowest BCUT2D eigenvalue weighted by Gasteiger charge is -2.24. The van der Waals surface area contributed by atoms with Crippen LogP contribution in [0.2, 0.25) is 0 Å². The van der Waals surface area contributed by atoms with Gasteiger partial charge >= 0.3 is 6.09 Å². The molecule has 0 saturated carbocycles. The molecular formula is C32H29N3O4. The first-order valence-corrected chi connectivity index (χ1v) is 12.8. The molecule has 196 valence electrons. The highest BCUT2D eigenvalue weighted by Gasteiger charge is 2.47. The SMILES string of the molecule is Cc1cccc(CN2C(=O)OC(c3ccc(NC(=O)Cc4ccccc4)cc3)C2C(=O)Nc2ccccc2)c1. The van der Waals surface area contributed by atoms with Crippen LogP contribution in [0, 0.1) is 6.92 Å². The van der Waals surface area contributed by atoms with E-state index in [-0.39, 0.29) is 24.8 Å². The number of aryl methyl sites for hydroxylation is 1. The smallest absolute Gasteiger partial charge is 0.411 e. The predicted octanol–water partition coefficient (Wildman–Crippen LogP) is 5.88. The van der Waals surface area contributed by atoms with Gasteiger partial charge in [-0.3, -0.25) is 14.5 Å². The molecule has 1 aliphatic heterocycles. The van der Waals surface area contributed by atoms with E-state index in [0.29, 0.717) is 16.9 Å². The molecule has 3 amide bonds. The molecule has 0 aromatic heterocycles. The number of carbonyl (C=O) groups excluding carboxylic acids is 3. The molecule has 4 aromatic rings. The van der Waals surface area contributed by atoms with Gasteiger partial charge in [0.05, 0.1) is 13.0 Å². The number of hydrogen-bond donors (Lipinski definition) is 2. The number of nitrogens with zero attached hydrogens (tertiary/aromatic N) is 1. The predicted molar refractivity (Wildman–Crippen MR) is 150 cm³/mol. The van der Waals surface area contributed by atoms with Crippen molar-refractivity contribution in [2.24, 2.45) is 0 Å². The zero-order valence-electron chi connectivity index (χ0n) is 21.5. The van der Waals surface area contributed by atoms with Crippen molar-refractivity contribution in [3.8, 4) is 0 Å². The van der Waals surface area contributed by atoms with E-state index in [2.05, 4.69) is 10.6 Å². The van der Waals surface area contributed by atoms with Gasteiger partial charge in [0.1, 0.15) is 0 Å². The topological polar surface area (TPSA) is 87.7 Å². The van der Waals surface area contributed by atoms with Crippen molar-refractivity contribution in [3.63, 3.8) is 0 Å². The van der Waals surface area contributed by atoms with Crippen molar-refractivity contribution >= 4 is 29.3 Å². The van der Waals surface area contributed by atoms with Crippen LogP contribution < -0.4 is 10.6 Å². The number of rotatable bonds is 8. The third-order valence-corrected chi connectivity index (χ3v) is 6.56. The minimum atomic E-state index is -0.892. The monoisotopic (exact) mass is 519 g/mol. The molecule has 2 atom stereocenters. The fourth-order valence-corrected chi connectivity index (χ4v) is 4.70. The Morgan fingerprint density at radius 2 is 1.41 bits per heavy atom. The largest absolute Gasteiger partial charge is 0.438 e. The van der Waals surface area contributed by atoms with Crippen molar-refractivity contribution in [2.45, 2.75) is 32.0 Å². The molecule has 7 heteroatoms. The van der Waals surface area contributed by atoms with Gasteiger partial charge in [0.25, 0.3) is 5.91 Å². The molecule has 5 rings (SSSR count). The number of nitrogens with one attached hydrogen (secondary N) is 2. The number of hydrogen-bond acceptors (Lipinski definition) is 4. The second-order valence-electron chi connectivity index (χ2n) is 9.55. The summed E-state index contributed by atoms with van der Waals surface area (Å²) in [7, 11) is 0. The Hall–Kier alpha value is -4.91. The zero-order chi connectivity index (χ0) is 27.2. The summed E-state index contributed by atoms with van der Waals surface area (Å²) >= 11 is 0. The van der Waals surface area contributed by atoms with Crippen LogP contribution in [0.15, 0.2) is 109 Å². The van der Waals surface area contributed by atoms with Crippen molar-refractivity contribution in [3.05, 3.63) is 131 Å². The Morgan fingerprint density at radius 3 is 2.10 bits per heavy atom. The quantitative estimate of drug-likeness (QED) is 0.304. The van der Waals surface area contributed by atoms with Gasteiger partial charge < -0.3 is 15.4 Å². The maximum absolute atomic E-state index is 13.6. The molecule has 4 aromatic carbocycles. The van der Waals surface area contributed by atoms with E-state index < -0.39 is 18.2 Å². The lowest BCUT2D eigenvalue weighted by molar-refractivity contribution is -0.121. The Balaban J connectivity index is 1.36. The molecular weight excluding hydrogens is 490 g/mol. The fourth-order valence-electron chi connectivity index (χ4n) is 4.70. The van der Waals surface area contributed by atoms with Crippen LogP contribution in [-0.4, -0.2) is 28.8 Å². The molecule has 1 heterocycles. The van der Waals surface area contributed by atoms with E-state index in [0.717, 1.165) is 16.7 Å². The molecule has 2 N–H and O–H groups in total. The summed E-state index contributed by atoms with van der Waals surface area (Å²) in [5.41, 5.74) is 4.79. The maximum Gasteiger partial charge on any atom is 0.411 e. The van der Waals surface area contributed by atoms with Crippen LogP contribution in [0.1, 0.15) is 28.4 Å². The van der Waals surface area contributed by atoms with E-state index in [1.54, 1.807) is 36.4 Å². The molecule has 1 fully saturated rings. The van der Waals surface area contributed by atoms with Gasteiger partial charge in [-0.25, -0.2) is 4.79 Å². The molecule has 39 heavy (non-hydrogen) atoms. The van der Waals surface area contributed by atoms with Crippen LogP contribution >= 0.6 is 0 Å². The van der Waals surface area contributed by atoms with Crippen LogP contribution in [0.25, 0.3) is 0 Å². The highest BCUT2D eigenvalue weighted by molar-refractivity contribution is 5.98. The van der Waals surface area contributed by atoms with Crippen LogP contribution in [-0.2, 0) is 27.3 Å². The summed E-state index contributed by atoms with van der Waals surface area (Å²) in [6, 6.07) is 32.6. The number of carbonyl (C=O) groups is 3. The normalized spacial score (nSPS) is 16.4. The number of cyclic esters (lactones) is 1. The van der Waals surface area contributed by atoms with Gasteiger partial charge in [-0.05, 0) is 47.9 Å². The number of anilines is 2. The maximum atomic E-state index is 13.6. The molecule has 1 aliphatic rings. The number of para-hydroxylation sites is 1. The number of ether oxygens (including phenoxy) is 1. The first-order valence-electron chi connectivity index (χ1n) is 12.8. The van der Waals surface area contributed by atoms with Crippen LogP contribution in [0.4, 0.5) is 16.2 Å². The molecule has 0 aliphatic carbocycles. The third-order valence-electron chi connectivity index (χ3n) is 6.56. The summed E-state index contributed by atoms with van der Waals surface area (Å²) in [6.07, 6.45) is -1.12. The van der Waals surface area contributed by atoms with Gasteiger partial charge in [0.15, 0.2) is 12.1 Å². The van der Waals surface area contributed by atoms with E-state index in [9.17, 15) is 14.4 Å². The second kappa shape index (κ2) is 11.6. The molecule has 2 unspecified atom stereocenters. The molecule has 1 saturated heterocycles. The minimum absolute atomic E-state index is 0.134. The van der Waals surface area contributed by atoms with E-state index in [4.69, 9.17) is 4.74 Å². The van der Waals surface area contributed by atoms with E-state index >= 15 is 0 Å². The Labute approximate surface area is 227 Å². The molecule has 0 radical (unpaired) electrons. The second-order valence-corrected chi connectivity index (χ2v) is 9.55. The van der Waals surface area contributed by atoms with Crippen molar-refractivity contribution in [2.75, 3.05) is 10.6 Å². The lowest BCUT2D eigenvalue weighted by atomic mass is 10.00. The summed E-state index contributed by atoms with van der Waals surface area (Å²) in [6.45, 7) is 2.21. The number of benzene rings is 4. The van der Waals surface area contributed by atoms with Crippen molar-refractivity contribution in [1.29, 1.82) is 0 Å². The molecule has 0 bridgehead atoms. The summed E-state index contributed by atoms with van der Waals surface area (Å²) < 4.78 is 5.77. The molecule has 7 nitrogen and oxygen atoms in total. The average Bonchev–Trinajstić information content (AvgIpc) is 3.26. The van der Waals surface area contributed by atoms with Gasteiger partial charge in [-0.15, -0.1) is 0 Å². The highest BCUT2D eigenvalue weighted by Crippen LogP contribution is 2.35. The first kappa shape index (κ1) is 25.7.